The average molecular weight is 413 g/mol. The number of carbonyl (C=O) groups is 2. The molecule has 2 aliphatic heterocycles. The van der Waals surface area contributed by atoms with Crippen molar-refractivity contribution in [2.45, 2.75) is 25.4 Å². The number of rotatable bonds is 3. The predicted molar refractivity (Wildman–Crippen MR) is 110 cm³/mol. The summed E-state index contributed by atoms with van der Waals surface area (Å²) in [6.07, 6.45) is 0.340. The Morgan fingerprint density at radius 1 is 1.16 bits per heavy atom. The second-order valence-corrected chi connectivity index (χ2v) is 7.59. The first kappa shape index (κ1) is 18.9. The number of hydrogen-bond donors (Lipinski definition) is 1. The molecule has 5 rings (SSSR count). The maximum atomic E-state index is 13.6. The lowest BCUT2D eigenvalue weighted by molar-refractivity contribution is -0.133. The highest BCUT2D eigenvalue weighted by Gasteiger charge is 2.55. The smallest absolute Gasteiger partial charge is 0.325 e. The number of amides is 3. The third-order valence-electron chi connectivity index (χ3n) is 5.83. The number of urea groups is 1. The number of ether oxygens (including phenoxy) is 1. The van der Waals surface area contributed by atoms with Gasteiger partial charge >= 0.3 is 6.03 Å². The predicted octanol–water partition coefficient (Wildman–Crippen LogP) is 2.78. The van der Waals surface area contributed by atoms with Crippen LogP contribution in [0.25, 0.3) is 5.69 Å². The molecule has 1 fully saturated rings. The van der Waals surface area contributed by atoms with Crippen molar-refractivity contribution in [1.82, 2.24) is 20.0 Å². The number of aryl methyl sites for hydroxylation is 1. The lowest BCUT2D eigenvalue weighted by Gasteiger charge is -2.33. The molecule has 0 bridgehead atoms. The van der Waals surface area contributed by atoms with Crippen molar-refractivity contribution in [3.8, 4) is 17.5 Å². The van der Waals surface area contributed by atoms with Crippen LogP contribution in [-0.4, -0.2) is 33.2 Å². The molecule has 3 amide bonds. The Labute approximate surface area is 178 Å². The van der Waals surface area contributed by atoms with E-state index >= 15 is 0 Å². The minimum atomic E-state index is -1.16. The Morgan fingerprint density at radius 3 is 2.68 bits per heavy atom. The molecular weight excluding hydrogens is 394 g/mol. The summed E-state index contributed by atoms with van der Waals surface area (Å²) in [7, 11) is 0. The first-order chi connectivity index (χ1) is 15.0. The zero-order chi connectivity index (χ0) is 21.6. The van der Waals surface area contributed by atoms with E-state index in [0.717, 1.165) is 5.69 Å². The monoisotopic (exact) mass is 413 g/mol. The summed E-state index contributed by atoms with van der Waals surface area (Å²) in [5, 5.41) is 17.1. The van der Waals surface area contributed by atoms with E-state index in [0.29, 0.717) is 41.3 Å². The molecule has 1 spiro atoms. The van der Waals surface area contributed by atoms with E-state index in [1.54, 1.807) is 23.7 Å². The van der Waals surface area contributed by atoms with Crippen LogP contribution in [-0.2, 0) is 16.9 Å². The summed E-state index contributed by atoms with van der Waals surface area (Å²) in [5.74, 6) is 0.239. The highest BCUT2D eigenvalue weighted by atomic mass is 16.5. The number of aromatic nitrogens is 2. The first-order valence-corrected chi connectivity index (χ1v) is 9.95. The fourth-order valence-electron chi connectivity index (χ4n) is 4.31. The van der Waals surface area contributed by atoms with Gasteiger partial charge in [-0.1, -0.05) is 36.4 Å². The van der Waals surface area contributed by atoms with Gasteiger partial charge in [-0.2, -0.15) is 10.4 Å². The van der Waals surface area contributed by atoms with E-state index in [2.05, 4.69) is 16.5 Å². The van der Waals surface area contributed by atoms with Crippen LogP contribution in [0, 0.1) is 18.3 Å². The molecule has 1 N–H and O–H groups in total. The molecule has 0 aliphatic carbocycles. The van der Waals surface area contributed by atoms with Gasteiger partial charge in [-0.15, -0.1) is 0 Å². The number of nitrogens with zero attached hydrogens (tertiary/aromatic N) is 4. The minimum absolute atomic E-state index is 0.0614. The minimum Gasteiger partial charge on any atom is -0.493 e. The fourth-order valence-corrected chi connectivity index (χ4v) is 4.31. The standard InChI is InChI=1S/C23H19N5O3/c1-15-17(13-24)19(28(26-15)16-7-3-2-4-8-16)14-27-21(29)23(25-22(27)30)11-12-31-20-10-6-5-9-18(20)23/h2-10H,11-12,14H2,1H3,(H,25,30). The molecule has 8 heteroatoms. The molecule has 31 heavy (non-hydrogen) atoms. The third kappa shape index (κ3) is 2.78. The topological polar surface area (TPSA) is 100 Å². The number of imide groups is 1. The fraction of sp³-hybridized carbons (Fsp3) is 0.217. The van der Waals surface area contributed by atoms with Crippen molar-refractivity contribution in [3.05, 3.63) is 77.1 Å². The number of hydrogen-bond acceptors (Lipinski definition) is 5. The lowest BCUT2D eigenvalue weighted by Crippen LogP contribution is -2.47. The summed E-state index contributed by atoms with van der Waals surface area (Å²) in [6.45, 7) is 2.00. The zero-order valence-electron chi connectivity index (χ0n) is 16.8. The molecule has 1 unspecified atom stereocenters. The van der Waals surface area contributed by atoms with Gasteiger partial charge in [0, 0.05) is 12.0 Å². The maximum Gasteiger partial charge on any atom is 0.325 e. The van der Waals surface area contributed by atoms with Crippen molar-refractivity contribution in [2.75, 3.05) is 6.61 Å². The van der Waals surface area contributed by atoms with Crippen molar-refractivity contribution in [1.29, 1.82) is 5.26 Å². The SMILES string of the molecule is Cc1nn(-c2ccccc2)c(CN2C(=O)NC3(CCOc4ccccc43)C2=O)c1C#N. The van der Waals surface area contributed by atoms with Crippen LogP contribution in [0.1, 0.15) is 28.9 Å². The van der Waals surface area contributed by atoms with Gasteiger partial charge in [0.05, 0.1) is 35.8 Å². The van der Waals surface area contributed by atoms with Gasteiger partial charge < -0.3 is 10.1 Å². The zero-order valence-corrected chi connectivity index (χ0v) is 16.8. The van der Waals surface area contributed by atoms with Gasteiger partial charge in [-0.25, -0.2) is 9.48 Å². The Balaban J connectivity index is 1.57. The van der Waals surface area contributed by atoms with Crippen LogP contribution in [0.5, 0.6) is 5.75 Å². The summed E-state index contributed by atoms with van der Waals surface area (Å²) in [4.78, 5) is 27.7. The van der Waals surface area contributed by atoms with Gasteiger partial charge in [0.1, 0.15) is 11.8 Å². The Bertz CT molecular complexity index is 1240. The number of carbonyl (C=O) groups excluding carboxylic acids is 2. The molecule has 0 radical (unpaired) electrons. The van der Waals surface area contributed by atoms with Gasteiger partial charge in [0.15, 0.2) is 5.54 Å². The van der Waals surface area contributed by atoms with E-state index in [9.17, 15) is 14.9 Å². The van der Waals surface area contributed by atoms with Crippen molar-refractivity contribution in [2.24, 2.45) is 0 Å². The van der Waals surface area contributed by atoms with E-state index in [-0.39, 0.29) is 12.5 Å². The highest BCUT2D eigenvalue weighted by Crippen LogP contribution is 2.41. The summed E-state index contributed by atoms with van der Waals surface area (Å²) in [5.41, 5.74) is 1.63. The highest BCUT2D eigenvalue weighted by molar-refractivity contribution is 6.07. The molecule has 154 valence electrons. The summed E-state index contributed by atoms with van der Waals surface area (Å²) >= 11 is 0. The average Bonchev–Trinajstić information content (AvgIpc) is 3.23. The number of nitriles is 1. The number of nitrogens with one attached hydrogen (secondary N) is 1. The van der Waals surface area contributed by atoms with Crippen LogP contribution in [0.2, 0.25) is 0 Å². The molecule has 1 saturated heterocycles. The summed E-state index contributed by atoms with van der Waals surface area (Å²) < 4.78 is 7.31. The van der Waals surface area contributed by atoms with Crippen molar-refractivity contribution in [3.63, 3.8) is 0 Å². The van der Waals surface area contributed by atoms with Gasteiger partial charge in [0.2, 0.25) is 0 Å². The van der Waals surface area contributed by atoms with Crippen LogP contribution >= 0.6 is 0 Å². The van der Waals surface area contributed by atoms with Crippen LogP contribution in [0.4, 0.5) is 4.79 Å². The Kier molecular flexibility index (Phi) is 4.26. The quantitative estimate of drug-likeness (QED) is 0.666. The molecule has 3 aromatic rings. The number of para-hydroxylation sites is 2. The van der Waals surface area contributed by atoms with Gasteiger partial charge in [-0.3, -0.25) is 9.69 Å². The second kappa shape index (κ2) is 6.99. The molecular formula is C23H19N5O3. The molecule has 3 heterocycles. The molecule has 0 saturated carbocycles. The van der Waals surface area contributed by atoms with E-state index in [4.69, 9.17) is 4.74 Å². The lowest BCUT2D eigenvalue weighted by atomic mass is 9.84. The van der Waals surface area contributed by atoms with Crippen LogP contribution in [0.3, 0.4) is 0 Å². The number of fused-ring (bicyclic) bond motifs is 2. The normalized spacial score (nSPS) is 19.7. The molecule has 2 aromatic carbocycles. The maximum absolute atomic E-state index is 13.6. The largest absolute Gasteiger partial charge is 0.493 e. The van der Waals surface area contributed by atoms with Crippen molar-refractivity contribution < 1.29 is 14.3 Å². The molecule has 1 atom stereocenters. The van der Waals surface area contributed by atoms with E-state index < -0.39 is 11.6 Å². The van der Waals surface area contributed by atoms with Gasteiger partial charge in [0.25, 0.3) is 5.91 Å². The number of benzene rings is 2. The van der Waals surface area contributed by atoms with Gasteiger partial charge in [-0.05, 0) is 25.1 Å². The van der Waals surface area contributed by atoms with E-state index in [1.165, 1.54) is 4.90 Å². The van der Waals surface area contributed by atoms with Crippen LogP contribution < -0.4 is 10.1 Å². The first-order valence-electron chi connectivity index (χ1n) is 9.95. The van der Waals surface area contributed by atoms with E-state index in [1.807, 2.05) is 42.5 Å². The van der Waals surface area contributed by atoms with Crippen LogP contribution in [0.15, 0.2) is 54.6 Å². The third-order valence-corrected chi connectivity index (χ3v) is 5.83. The molecule has 2 aliphatic rings. The molecule has 1 aromatic heterocycles. The van der Waals surface area contributed by atoms with Crippen molar-refractivity contribution >= 4 is 11.9 Å². The Morgan fingerprint density at radius 2 is 1.90 bits per heavy atom. The summed E-state index contributed by atoms with van der Waals surface area (Å²) in [6, 6.07) is 18.3. The second-order valence-electron chi connectivity index (χ2n) is 7.59. The Hall–Kier alpha value is -4.12. The molecule has 8 nitrogen and oxygen atoms in total.